The Hall–Kier alpha value is -2.37. The van der Waals surface area contributed by atoms with Gasteiger partial charge in [0.15, 0.2) is 0 Å². The molecule has 1 N–H and O–H groups in total. The van der Waals surface area contributed by atoms with Gasteiger partial charge in [0.2, 0.25) is 5.91 Å². The number of hydrogen-bond donors (Lipinski definition) is 1. The lowest BCUT2D eigenvalue weighted by Crippen LogP contribution is -2.38. The van der Waals surface area contributed by atoms with Gasteiger partial charge < -0.3 is 14.8 Å². The molecule has 1 fully saturated rings. The number of benzene rings is 2. The predicted octanol–water partition coefficient (Wildman–Crippen LogP) is 2.39. The lowest BCUT2D eigenvalue weighted by molar-refractivity contribution is -0.126. The molecule has 1 amide bonds. The molecule has 0 aromatic heterocycles. The fourth-order valence-electron chi connectivity index (χ4n) is 3.71. The topological polar surface area (TPSA) is 50.8 Å². The zero-order valence-corrected chi connectivity index (χ0v) is 15.5. The van der Waals surface area contributed by atoms with Crippen molar-refractivity contribution >= 4 is 5.91 Å². The van der Waals surface area contributed by atoms with Gasteiger partial charge in [-0.15, -0.1) is 0 Å². The summed E-state index contributed by atoms with van der Waals surface area (Å²) in [5.41, 5.74) is 3.55. The van der Waals surface area contributed by atoms with Gasteiger partial charge in [0, 0.05) is 26.2 Å². The molecule has 27 heavy (non-hydrogen) atoms. The number of nitrogens with one attached hydrogen (secondary N) is 1. The molecule has 5 nitrogen and oxygen atoms in total. The van der Waals surface area contributed by atoms with E-state index in [9.17, 15) is 4.79 Å². The highest BCUT2D eigenvalue weighted by atomic mass is 16.5. The van der Waals surface area contributed by atoms with Crippen molar-refractivity contribution in [3.63, 3.8) is 0 Å². The Morgan fingerprint density at radius 1 is 1.04 bits per heavy atom. The number of carbonyl (C=O) groups is 1. The van der Waals surface area contributed by atoms with Gasteiger partial charge in [-0.05, 0) is 29.2 Å². The van der Waals surface area contributed by atoms with Crippen LogP contribution in [0.5, 0.6) is 5.75 Å². The van der Waals surface area contributed by atoms with Crippen LogP contribution in [-0.4, -0.2) is 43.7 Å². The van der Waals surface area contributed by atoms with E-state index in [-0.39, 0.29) is 11.8 Å². The highest BCUT2D eigenvalue weighted by Crippen LogP contribution is 2.27. The zero-order chi connectivity index (χ0) is 18.5. The maximum absolute atomic E-state index is 12.7. The van der Waals surface area contributed by atoms with Gasteiger partial charge in [-0.25, -0.2) is 0 Å². The summed E-state index contributed by atoms with van der Waals surface area (Å²) in [6.07, 6.45) is 0.734. The van der Waals surface area contributed by atoms with Gasteiger partial charge in [0.25, 0.3) is 0 Å². The van der Waals surface area contributed by atoms with Crippen LogP contribution in [0.2, 0.25) is 0 Å². The van der Waals surface area contributed by atoms with E-state index in [1.165, 1.54) is 11.1 Å². The minimum atomic E-state index is -0.133. The molecule has 1 saturated heterocycles. The van der Waals surface area contributed by atoms with E-state index in [1.54, 1.807) is 0 Å². The van der Waals surface area contributed by atoms with Crippen molar-refractivity contribution in [1.29, 1.82) is 0 Å². The second kappa shape index (κ2) is 8.55. The largest absolute Gasteiger partial charge is 0.492 e. The molecule has 2 aromatic carbocycles. The third-order valence-corrected chi connectivity index (χ3v) is 5.32. The summed E-state index contributed by atoms with van der Waals surface area (Å²) in [5, 5.41) is 3.11. The monoisotopic (exact) mass is 366 g/mol. The van der Waals surface area contributed by atoms with Crippen LogP contribution in [0.1, 0.15) is 16.7 Å². The molecule has 0 bridgehead atoms. The lowest BCUT2D eigenvalue weighted by atomic mass is 9.96. The van der Waals surface area contributed by atoms with E-state index in [0.717, 1.165) is 50.6 Å². The van der Waals surface area contributed by atoms with Gasteiger partial charge in [-0.3, -0.25) is 9.69 Å². The summed E-state index contributed by atoms with van der Waals surface area (Å²) < 4.78 is 11.2. The molecule has 2 aromatic rings. The van der Waals surface area contributed by atoms with Crippen LogP contribution in [0.25, 0.3) is 0 Å². The maximum Gasteiger partial charge on any atom is 0.227 e. The van der Waals surface area contributed by atoms with Crippen molar-refractivity contribution in [3.8, 4) is 5.75 Å². The molecule has 5 heteroatoms. The molecule has 0 saturated carbocycles. The van der Waals surface area contributed by atoms with Gasteiger partial charge >= 0.3 is 0 Å². The number of ether oxygens (including phenoxy) is 2. The molecule has 142 valence electrons. The van der Waals surface area contributed by atoms with E-state index in [4.69, 9.17) is 9.47 Å². The number of para-hydroxylation sites is 1. The van der Waals surface area contributed by atoms with Gasteiger partial charge in [-0.2, -0.15) is 0 Å². The number of amides is 1. The first kappa shape index (κ1) is 18.0. The number of fused-ring (bicyclic) bond motifs is 1. The summed E-state index contributed by atoms with van der Waals surface area (Å²) in [5.74, 6) is 0.828. The van der Waals surface area contributed by atoms with Crippen LogP contribution < -0.4 is 10.1 Å². The number of morpholine rings is 1. The van der Waals surface area contributed by atoms with Crippen molar-refractivity contribution in [3.05, 3.63) is 65.2 Å². The SMILES string of the molecule is O=C(NCc1ccccc1CN1CCOCC1)C1COc2ccccc2C1. The van der Waals surface area contributed by atoms with Crippen molar-refractivity contribution in [2.75, 3.05) is 32.9 Å². The third kappa shape index (κ3) is 4.49. The smallest absolute Gasteiger partial charge is 0.227 e. The molecule has 2 aliphatic rings. The fourth-order valence-corrected chi connectivity index (χ4v) is 3.71. The first-order valence-corrected chi connectivity index (χ1v) is 9.65. The summed E-state index contributed by atoms with van der Waals surface area (Å²) in [4.78, 5) is 15.1. The predicted molar refractivity (Wildman–Crippen MR) is 104 cm³/mol. The first-order chi connectivity index (χ1) is 13.3. The van der Waals surface area contributed by atoms with Gasteiger partial charge in [0.05, 0.1) is 19.1 Å². The molecule has 4 rings (SSSR count). The van der Waals surface area contributed by atoms with Gasteiger partial charge in [-0.1, -0.05) is 42.5 Å². The third-order valence-electron chi connectivity index (χ3n) is 5.32. The first-order valence-electron chi connectivity index (χ1n) is 9.65. The van der Waals surface area contributed by atoms with E-state index < -0.39 is 0 Å². The lowest BCUT2D eigenvalue weighted by Gasteiger charge is -2.27. The molecule has 1 unspecified atom stereocenters. The van der Waals surface area contributed by atoms with Crippen LogP contribution in [-0.2, 0) is 29.0 Å². The van der Waals surface area contributed by atoms with E-state index in [0.29, 0.717) is 13.2 Å². The molecular weight excluding hydrogens is 340 g/mol. The number of hydrogen-bond acceptors (Lipinski definition) is 4. The van der Waals surface area contributed by atoms with Crippen LogP contribution in [0, 0.1) is 5.92 Å². The minimum Gasteiger partial charge on any atom is -0.492 e. The molecule has 0 spiro atoms. The summed E-state index contributed by atoms with van der Waals surface area (Å²) in [6, 6.07) is 16.3. The van der Waals surface area contributed by atoms with Crippen molar-refractivity contribution < 1.29 is 14.3 Å². The van der Waals surface area contributed by atoms with E-state index in [1.807, 2.05) is 30.3 Å². The van der Waals surface area contributed by atoms with Crippen molar-refractivity contribution in [2.45, 2.75) is 19.5 Å². The zero-order valence-electron chi connectivity index (χ0n) is 15.5. The average molecular weight is 366 g/mol. The molecular formula is C22H26N2O3. The van der Waals surface area contributed by atoms with Crippen molar-refractivity contribution in [2.24, 2.45) is 5.92 Å². The normalized spacial score (nSPS) is 19.8. The summed E-state index contributed by atoms with van der Waals surface area (Å²) in [7, 11) is 0. The quantitative estimate of drug-likeness (QED) is 0.883. The average Bonchev–Trinajstić information content (AvgIpc) is 2.73. The minimum absolute atomic E-state index is 0.0608. The Morgan fingerprint density at radius 2 is 1.78 bits per heavy atom. The Balaban J connectivity index is 1.35. The van der Waals surface area contributed by atoms with Crippen molar-refractivity contribution in [1.82, 2.24) is 10.2 Å². The molecule has 1 atom stereocenters. The fraction of sp³-hybridized carbons (Fsp3) is 0.409. The van der Waals surface area contributed by atoms with Crippen LogP contribution in [0.4, 0.5) is 0 Å². The number of rotatable bonds is 5. The van der Waals surface area contributed by atoms with Crippen LogP contribution >= 0.6 is 0 Å². The number of carbonyl (C=O) groups excluding carboxylic acids is 1. The molecule has 0 radical (unpaired) electrons. The molecule has 2 heterocycles. The Bertz CT molecular complexity index is 787. The molecule has 2 aliphatic heterocycles. The Morgan fingerprint density at radius 3 is 2.63 bits per heavy atom. The highest BCUT2D eigenvalue weighted by Gasteiger charge is 2.25. The Kier molecular flexibility index (Phi) is 5.70. The Labute approximate surface area is 160 Å². The standard InChI is InChI=1S/C22H26N2O3/c25-22(20-13-17-5-3-4-8-21(17)27-16-20)23-14-18-6-1-2-7-19(18)15-24-9-11-26-12-10-24/h1-8,20H,9-16H2,(H,23,25). The summed E-state index contributed by atoms with van der Waals surface area (Å²) >= 11 is 0. The number of nitrogens with zero attached hydrogens (tertiary/aromatic N) is 1. The highest BCUT2D eigenvalue weighted by molar-refractivity contribution is 5.79. The van der Waals surface area contributed by atoms with E-state index >= 15 is 0 Å². The second-order valence-electron chi connectivity index (χ2n) is 7.19. The van der Waals surface area contributed by atoms with Crippen LogP contribution in [0.3, 0.4) is 0 Å². The van der Waals surface area contributed by atoms with E-state index in [2.05, 4.69) is 28.4 Å². The molecule has 0 aliphatic carbocycles. The van der Waals surface area contributed by atoms with Gasteiger partial charge in [0.1, 0.15) is 12.4 Å². The maximum atomic E-state index is 12.7. The summed E-state index contributed by atoms with van der Waals surface area (Å²) in [6.45, 7) is 5.40. The second-order valence-corrected chi connectivity index (χ2v) is 7.19. The van der Waals surface area contributed by atoms with Crippen LogP contribution in [0.15, 0.2) is 48.5 Å².